The number of Topliss-reactive ketones (excluding diaryl/α,β-unsaturated/α-hetero) is 1. The molecule has 0 bridgehead atoms. The largest absolute Gasteiger partial charge is 0.497 e. The van der Waals surface area contributed by atoms with E-state index in [1.165, 1.54) is 4.31 Å². The fourth-order valence-electron chi connectivity index (χ4n) is 3.03. The number of carbonyl (C=O) groups excluding carboxylic acids is 1. The predicted octanol–water partition coefficient (Wildman–Crippen LogP) is 0.699. The van der Waals surface area contributed by atoms with Crippen LogP contribution in [-0.4, -0.2) is 44.3 Å². The van der Waals surface area contributed by atoms with Crippen molar-refractivity contribution in [3.05, 3.63) is 23.8 Å². The Morgan fingerprint density at radius 3 is 2.59 bits per heavy atom. The summed E-state index contributed by atoms with van der Waals surface area (Å²) in [5.74, 6) is 1.13. The fraction of sp³-hybridized carbons (Fsp3) is 0.500. The number of carbonyl (C=O) groups is 1. The highest BCUT2D eigenvalue weighted by Gasteiger charge is 2.44. The van der Waals surface area contributed by atoms with Gasteiger partial charge in [-0.15, -0.1) is 0 Å². The lowest BCUT2D eigenvalue weighted by Gasteiger charge is -2.43. The maximum atomic E-state index is 12.4. The van der Waals surface area contributed by atoms with Gasteiger partial charge in [0.05, 0.1) is 19.1 Å². The number of ketones is 1. The number of piperidine rings is 1. The first-order chi connectivity index (χ1) is 10.3. The average Bonchev–Trinajstić information content (AvgIpc) is 2.46. The topological polar surface area (TPSA) is 98.9 Å². The zero-order chi connectivity index (χ0) is 16.0. The quantitative estimate of drug-likeness (QED) is 0.862. The molecule has 1 aromatic rings. The van der Waals surface area contributed by atoms with Gasteiger partial charge in [-0.05, 0) is 18.2 Å². The van der Waals surface area contributed by atoms with Crippen LogP contribution in [0.5, 0.6) is 11.5 Å². The highest BCUT2D eigenvalue weighted by molar-refractivity contribution is 7.86. The zero-order valence-corrected chi connectivity index (χ0v) is 13.1. The smallest absolute Gasteiger partial charge is 0.276 e. The first-order valence-corrected chi connectivity index (χ1v) is 8.51. The van der Waals surface area contributed by atoms with Crippen molar-refractivity contribution in [2.24, 2.45) is 5.14 Å². The molecule has 0 aromatic heterocycles. The Balaban J connectivity index is 1.83. The van der Waals surface area contributed by atoms with E-state index in [0.717, 1.165) is 0 Å². The van der Waals surface area contributed by atoms with Gasteiger partial charge < -0.3 is 9.47 Å². The molecule has 0 radical (unpaired) electrons. The number of hydrogen-bond donors (Lipinski definition) is 1. The summed E-state index contributed by atoms with van der Waals surface area (Å²) in [5, 5.41) is 5.14. The third kappa shape index (κ3) is 2.69. The highest BCUT2D eigenvalue weighted by Crippen LogP contribution is 2.40. The SMILES string of the molecule is COc1ccc2c(c1)C(=O)CC1(CCN(S(N)(=O)=O)CC1)O2. The Morgan fingerprint density at radius 2 is 2.00 bits per heavy atom. The number of benzene rings is 1. The van der Waals surface area contributed by atoms with E-state index < -0.39 is 15.8 Å². The van der Waals surface area contributed by atoms with E-state index in [9.17, 15) is 13.2 Å². The molecule has 3 rings (SSSR count). The molecule has 0 unspecified atom stereocenters. The van der Waals surface area contributed by atoms with Crippen molar-refractivity contribution in [2.75, 3.05) is 20.2 Å². The van der Waals surface area contributed by atoms with E-state index in [1.807, 2.05) is 0 Å². The zero-order valence-electron chi connectivity index (χ0n) is 12.2. The minimum absolute atomic E-state index is 0.00999. The molecule has 2 aliphatic heterocycles. The van der Waals surface area contributed by atoms with E-state index in [4.69, 9.17) is 14.6 Å². The monoisotopic (exact) mass is 326 g/mol. The molecule has 22 heavy (non-hydrogen) atoms. The van der Waals surface area contributed by atoms with E-state index in [2.05, 4.69) is 0 Å². The second-order valence-corrected chi connectivity index (χ2v) is 7.24. The molecule has 8 heteroatoms. The summed E-state index contributed by atoms with van der Waals surface area (Å²) >= 11 is 0. The summed E-state index contributed by atoms with van der Waals surface area (Å²) in [4.78, 5) is 12.4. The van der Waals surface area contributed by atoms with Crippen LogP contribution in [0.4, 0.5) is 0 Å². The molecule has 120 valence electrons. The normalized spacial score (nSPS) is 21.3. The van der Waals surface area contributed by atoms with Crippen molar-refractivity contribution in [2.45, 2.75) is 24.9 Å². The first-order valence-electron chi connectivity index (χ1n) is 7.01. The van der Waals surface area contributed by atoms with Gasteiger partial charge in [-0.2, -0.15) is 12.7 Å². The van der Waals surface area contributed by atoms with E-state index in [1.54, 1.807) is 25.3 Å². The second kappa shape index (κ2) is 5.22. The summed E-state index contributed by atoms with van der Waals surface area (Å²) in [6.45, 7) is 0.523. The molecule has 0 atom stereocenters. The van der Waals surface area contributed by atoms with E-state index in [0.29, 0.717) is 29.9 Å². The molecule has 0 saturated carbocycles. The number of nitrogens with two attached hydrogens (primary N) is 1. The molecule has 2 aliphatic rings. The van der Waals surface area contributed by atoms with E-state index >= 15 is 0 Å². The molecule has 1 saturated heterocycles. The van der Waals surface area contributed by atoms with Crippen molar-refractivity contribution in [1.82, 2.24) is 4.31 Å². The van der Waals surface area contributed by atoms with Gasteiger partial charge in [0.1, 0.15) is 17.1 Å². The van der Waals surface area contributed by atoms with Crippen LogP contribution in [0.3, 0.4) is 0 Å². The van der Waals surface area contributed by atoms with Crippen LogP contribution in [0, 0.1) is 0 Å². The van der Waals surface area contributed by atoms with Gasteiger partial charge in [-0.1, -0.05) is 0 Å². The van der Waals surface area contributed by atoms with Crippen LogP contribution in [0.25, 0.3) is 0 Å². The number of rotatable bonds is 2. The van der Waals surface area contributed by atoms with Gasteiger partial charge in [0.2, 0.25) is 0 Å². The summed E-state index contributed by atoms with van der Waals surface area (Å²) in [6, 6.07) is 5.13. The minimum atomic E-state index is -3.69. The lowest BCUT2D eigenvalue weighted by Crippen LogP contribution is -2.53. The molecule has 0 amide bonds. The minimum Gasteiger partial charge on any atom is -0.497 e. The number of nitrogens with zero attached hydrogens (tertiary/aromatic N) is 1. The van der Waals surface area contributed by atoms with Crippen molar-refractivity contribution >= 4 is 16.0 Å². The molecule has 0 aliphatic carbocycles. The summed E-state index contributed by atoms with van der Waals surface area (Å²) < 4.78 is 35.1. The third-order valence-electron chi connectivity index (χ3n) is 4.29. The molecule has 1 fully saturated rings. The molecule has 7 nitrogen and oxygen atoms in total. The molecular weight excluding hydrogens is 308 g/mol. The van der Waals surface area contributed by atoms with Crippen LogP contribution in [0.15, 0.2) is 18.2 Å². The maximum absolute atomic E-state index is 12.4. The predicted molar refractivity (Wildman–Crippen MR) is 79.2 cm³/mol. The van der Waals surface area contributed by atoms with Gasteiger partial charge >= 0.3 is 0 Å². The Kier molecular flexibility index (Phi) is 3.62. The van der Waals surface area contributed by atoms with Gasteiger partial charge in [0, 0.05) is 25.9 Å². The number of fused-ring (bicyclic) bond motifs is 1. The van der Waals surface area contributed by atoms with Crippen molar-refractivity contribution in [3.8, 4) is 11.5 Å². The molecule has 2 N–H and O–H groups in total. The summed E-state index contributed by atoms with van der Waals surface area (Å²) in [5.41, 5.74) is -0.126. The summed E-state index contributed by atoms with van der Waals surface area (Å²) in [7, 11) is -2.15. The van der Waals surface area contributed by atoms with Crippen LogP contribution >= 0.6 is 0 Å². The Hall–Kier alpha value is -1.64. The lowest BCUT2D eigenvalue weighted by atomic mass is 9.83. The Bertz CT molecular complexity index is 708. The van der Waals surface area contributed by atoms with Crippen LogP contribution < -0.4 is 14.6 Å². The van der Waals surface area contributed by atoms with Crippen LogP contribution in [-0.2, 0) is 10.2 Å². The molecule has 2 heterocycles. The van der Waals surface area contributed by atoms with Crippen molar-refractivity contribution < 1.29 is 22.7 Å². The Labute approximate surface area is 129 Å². The fourth-order valence-corrected chi connectivity index (χ4v) is 3.72. The second-order valence-electron chi connectivity index (χ2n) is 5.69. The number of methoxy groups -OCH3 is 1. The van der Waals surface area contributed by atoms with Gasteiger partial charge in [0.25, 0.3) is 10.2 Å². The molecule has 1 spiro atoms. The number of hydrogen-bond acceptors (Lipinski definition) is 5. The molecular formula is C14H18N2O5S. The van der Waals surface area contributed by atoms with Crippen LogP contribution in [0.1, 0.15) is 29.6 Å². The van der Waals surface area contributed by atoms with Crippen molar-refractivity contribution in [3.63, 3.8) is 0 Å². The maximum Gasteiger partial charge on any atom is 0.276 e. The standard InChI is InChI=1S/C14H18N2O5S/c1-20-10-2-3-13-11(8-10)12(17)9-14(21-13)4-6-16(7-5-14)22(15,18)19/h2-3,8H,4-7,9H2,1H3,(H2,15,18,19). The first kappa shape index (κ1) is 15.3. The molecule has 1 aromatic carbocycles. The number of ether oxygens (including phenoxy) is 2. The average molecular weight is 326 g/mol. The summed E-state index contributed by atoms with van der Waals surface area (Å²) in [6.07, 6.45) is 1.13. The van der Waals surface area contributed by atoms with Gasteiger partial charge in [0.15, 0.2) is 5.78 Å². The lowest BCUT2D eigenvalue weighted by molar-refractivity contribution is 0.00585. The van der Waals surface area contributed by atoms with Gasteiger partial charge in [-0.25, -0.2) is 5.14 Å². The van der Waals surface area contributed by atoms with Crippen molar-refractivity contribution in [1.29, 1.82) is 0 Å². The highest BCUT2D eigenvalue weighted by atomic mass is 32.2. The van der Waals surface area contributed by atoms with Gasteiger partial charge in [-0.3, -0.25) is 4.79 Å². The third-order valence-corrected chi connectivity index (χ3v) is 5.37. The Morgan fingerprint density at radius 1 is 1.32 bits per heavy atom. The van der Waals surface area contributed by atoms with E-state index in [-0.39, 0.29) is 25.3 Å². The van der Waals surface area contributed by atoms with Crippen LogP contribution in [0.2, 0.25) is 0 Å².